The Labute approximate surface area is 169 Å². The number of fused-ring (bicyclic) bond motifs is 1. The first kappa shape index (κ1) is 18.9. The molecule has 1 aromatic carbocycles. The number of likely N-dealkylation sites (tertiary alicyclic amines) is 1. The van der Waals surface area contributed by atoms with E-state index in [4.69, 9.17) is 0 Å². The van der Waals surface area contributed by atoms with Crippen molar-refractivity contribution in [2.24, 2.45) is 11.8 Å². The highest BCUT2D eigenvalue weighted by Crippen LogP contribution is 2.58. The fraction of sp³-hybridized carbons (Fsp3) is 0.750. The maximum absolute atomic E-state index is 12.4. The van der Waals surface area contributed by atoms with E-state index in [1.807, 2.05) is 12.1 Å². The lowest BCUT2D eigenvalue weighted by Crippen LogP contribution is -2.74. The second kappa shape index (κ2) is 6.72. The summed E-state index contributed by atoms with van der Waals surface area (Å²) >= 11 is 0. The predicted molar refractivity (Wildman–Crippen MR) is 112 cm³/mol. The standard InChI is InChI=1S/C24H36N2O2/c1-16(2)14-25-19-7-8-23-9-10-26(15-17-3-4-17)22(24(23,28)13-19)11-18-5-6-20(27)12-21(18)23/h5-6,12,16-17,19,22,25,27-28H,3-4,7-11,13-15H2,1-2H3. The summed E-state index contributed by atoms with van der Waals surface area (Å²) in [5, 5.41) is 26.3. The first-order valence-electron chi connectivity index (χ1n) is 11.4. The maximum Gasteiger partial charge on any atom is 0.115 e. The topological polar surface area (TPSA) is 55.7 Å². The van der Waals surface area contributed by atoms with Crippen LogP contribution in [0.1, 0.15) is 63.5 Å². The molecule has 28 heavy (non-hydrogen) atoms. The third kappa shape index (κ3) is 2.91. The van der Waals surface area contributed by atoms with Crippen molar-refractivity contribution < 1.29 is 10.2 Å². The molecule has 4 nitrogen and oxygen atoms in total. The number of phenols is 1. The Balaban J connectivity index is 1.52. The number of rotatable bonds is 5. The molecule has 4 unspecified atom stereocenters. The summed E-state index contributed by atoms with van der Waals surface area (Å²) in [4.78, 5) is 2.62. The van der Waals surface area contributed by atoms with Gasteiger partial charge in [-0.15, -0.1) is 0 Å². The lowest BCUT2D eigenvalue weighted by Gasteiger charge is -2.65. The lowest BCUT2D eigenvalue weighted by molar-refractivity contribution is -0.172. The molecule has 2 saturated carbocycles. The summed E-state index contributed by atoms with van der Waals surface area (Å²) in [6.45, 7) is 7.75. The smallest absolute Gasteiger partial charge is 0.115 e. The van der Waals surface area contributed by atoms with Crippen molar-refractivity contribution in [2.75, 3.05) is 19.6 Å². The second-order valence-electron chi connectivity index (χ2n) is 10.5. The average molecular weight is 385 g/mol. The minimum atomic E-state index is -0.701. The van der Waals surface area contributed by atoms with Crippen molar-refractivity contribution in [2.45, 2.75) is 81.9 Å². The van der Waals surface area contributed by atoms with Crippen molar-refractivity contribution >= 4 is 0 Å². The van der Waals surface area contributed by atoms with Gasteiger partial charge in [-0.1, -0.05) is 19.9 Å². The number of aliphatic hydroxyl groups is 1. The molecule has 3 aliphatic carbocycles. The summed E-state index contributed by atoms with van der Waals surface area (Å²) < 4.78 is 0. The van der Waals surface area contributed by atoms with Gasteiger partial charge in [0.15, 0.2) is 0 Å². The first-order chi connectivity index (χ1) is 13.4. The number of phenolic OH excluding ortho intramolecular Hbond substituents is 1. The number of hydrogen-bond donors (Lipinski definition) is 3. The Morgan fingerprint density at radius 2 is 2.04 bits per heavy atom. The van der Waals surface area contributed by atoms with Crippen LogP contribution in [0.5, 0.6) is 5.75 Å². The van der Waals surface area contributed by atoms with Crippen LogP contribution in [0.25, 0.3) is 0 Å². The van der Waals surface area contributed by atoms with E-state index in [0.29, 0.717) is 17.7 Å². The minimum absolute atomic E-state index is 0.194. The quantitative estimate of drug-likeness (QED) is 0.730. The monoisotopic (exact) mass is 384 g/mol. The van der Waals surface area contributed by atoms with Crippen LogP contribution in [0, 0.1) is 11.8 Å². The molecule has 1 aromatic rings. The number of benzene rings is 1. The third-order valence-corrected chi connectivity index (χ3v) is 8.15. The number of nitrogens with one attached hydrogen (secondary N) is 1. The Bertz CT molecular complexity index is 746. The van der Waals surface area contributed by atoms with Crippen LogP contribution in [-0.4, -0.2) is 52.4 Å². The minimum Gasteiger partial charge on any atom is -0.508 e. The Kier molecular flexibility index (Phi) is 4.53. The molecule has 4 aliphatic rings. The van der Waals surface area contributed by atoms with Crippen LogP contribution >= 0.6 is 0 Å². The molecule has 4 atom stereocenters. The lowest BCUT2D eigenvalue weighted by atomic mass is 9.49. The molecule has 0 spiro atoms. The molecule has 0 aromatic heterocycles. The van der Waals surface area contributed by atoms with E-state index in [0.717, 1.165) is 57.7 Å². The van der Waals surface area contributed by atoms with Gasteiger partial charge in [0.2, 0.25) is 0 Å². The average Bonchev–Trinajstić information content (AvgIpc) is 3.46. The van der Waals surface area contributed by atoms with Gasteiger partial charge in [-0.25, -0.2) is 0 Å². The SMILES string of the molecule is CC(C)CNC1CCC23CCN(CC4CC4)C(Cc4ccc(O)cc42)C3(O)C1. The summed E-state index contributed by atoms with van der Waals surface area (Å²) in [5.74, 6) is 1.81. The van der Waals surface area contributed by atoms with Crippen LogP contribution in [0.2, 0.25) is 0 Å². The third-order valence-electron chi connectivity index (χ3n) is 8.15. The van der Waals surface area contributed by atoms with Gasteiger partial charge in [-0.05, 0) is 93.1 Å². The molecule has 4 heteroatoms. The van der Waals surface area contributed by atoms with Crippen LogP contribution in [-0.2, 0) is 11.8 Å². The molecule has 1 aliphatic heterocycles. The number of aromatic hydroxyl groups is 1. The number of nitrogens with zero attached hydrogens (tertiary/aromatic N) is 1. The van der Waals surface area contributed by atoms with Gasteiger partial charge in [0.05, 0.1) is 5.60 Å². The van der Waals surface area contributed by atoms with Crippen LogP contribution in [0.15, 0.2) is 18.2 Å². The van der Waals surface area contributed by atoms with Gasteiger partial charge in [-0.3, -0.25) is 4.90 Å². The summed E-state index contributed by atoms with van der Waals surface area (Å²) in [7, 11) is 0. The molecule has 0 radical (unpaired) electrons. The molecule has 154 valence electrons. The maximum atomic E-state index is 12.4. The van der Waals surface area contributed by atoms with Crippen LogP contribution in [0.3, 0.4) is 0 Å². The van der Waals surface area contributed by atoms with Gasteiger partial charge < -0.3 is 15.5 Å². The highest BCUT2D eigenvalue weighted by Gasteiger charge is 2.64. The fourth-order valence-electron chi connectivity index (χ4n) is 6.52. The van der Waals surface area contributed by atoms with E-state index < -0.39 is 5.60 Å². The van der Waals surface area contributed by atoms with Gasteiger partial charge in [0, 0.05) is 24.0 Å². The molecular weight excluding hydrogens is 348 g/mol. The molecule has 3 fully saturated rings. The van der Waals surface area contributed by atoms with E-state index in [9.17, 15) is 10.2 Å². The highest BCUT2D eigenvalue weighted by atomic mass is 16.3. The van der Waals surface area contributed by atoms with E-state index >= 15 is 0 Å². The van der Waals surface area contributed by atoms with Crippen molar-refractivity contribution in [3.63, 3.8) is 0 Å². The zero-order valence-electron chi connectivity index (χ0n) is 17.5. The van der Waals surface area contributed by atoms with Gasteiger partial charge in [0.25, 0.3) is 0 Å². The Hall–Kier alpha value is -1.10. The Morgan fingerprint density at radius 1 is 1.21 bits per heavy atom. The van der Waals surface area contributed by atoms with E-state index in [-0.39, 0.29) is 11.5 Å². The molecule has 1 heterocycles. The van der Waals surface area contributed by atoms with Gasteiger partial charge in [-0.2, -0.15) is 0 Å². The fourth-order valence-corrected chi connectivity index (χ4v) is 6.52. The van der Waals surface area contributed by atoms with E-state index in [1.165, 1.54) is 24.0 Å². The number of piperidine rings is 1. The zero-order valence-corrected chi connectivity index (χ0v) is 17.5. The summed E-state index contributed by atoms with van der Waals surface area (Å²) in [6, 6.07) is 6.51. The van der Waals surface area contributed by atoms with Crippen LogP contribution in [0.4, 0.5) is 0 Å². The predicted octanol–water partition coefficient (Wildman–Crippen LogP) is 3.20. The Morgan fingerprint density at radius 3 is 2.79 bits per heavy atom. The molecule has 1 saturated heterocycles. The molecule has 3 N–H and O–H groups in total. The normalized spacial score (nSPS) is 37.6. The van der Waals surface area contributed by atoms with Crippen molar-refractivity contribution in [3.8, 4) is 5.75 Å². The highest BCUT2D eigenvalue weighted by molar-refractivity contribution is 5.48. The zero-order chi connectivity index (χ0) is 19.5. The van der Waals surface area contributed by atoms with Gasteiger partial charge >= 0.3 is 0 Å². The summed E-state index contributed by atoms with van der Waals surface area (Å²) in [6.07, 6.45) is 7.60. The number of hydrogen-bond acceptors (Lipinski definition) is 4. The molecule has 2 bridgehead atoms. The first-order valence-corrected chi connectivity index (χ1v) is 11.4. The van der Waals surface area contributed by atoms with E-state index in [2.05, 4.69) is 30.1 Å². The van der Waals surface area contributed by atoms with Crippen molar-refractivity contribution in [3.05, 3.63) is 29.3 Å². The van der Waals surface area contributed by atoms with E-state index in [1.54, 1.807) is 0 Å². The summed E-state index contributed by atoms with van der Waals surface area (Å²) in [5.41, 5.74) is 1.69. The van der Waals surface area contributed by atoms with Crippen molar-refractivity contribution in [1.29, 1.82) is 0 Å². The second-order valence-corrected chi connectivity index (χ2v) is 10.5. The molecule has 5 rings (SSSR count). The van der Waals surface area contributed by atoms with Crippen molar-refractivity contribution in [1.82, 2.24) is 10.2 Å². The molecular formula is C24H36N2O2. The van der Waals surface area contributed by atoms with Gasteiger partial charge in [0.1, 0.15) is 5.75 Å². The molecule has 0 amide bonds. The van der Waals surface area contributed by atoms with Crippen LogP contribution < -0.4 is 5.32 Å². The largest absolute Gasteiger partial charge is 0.508 e.